The van der Waals surface area contributed by atoms with Crippen LogP contribution in [0.5, 0.6) is 0 Å². The van der Waals surface area contributed by atoms with Crippen LogP contribution >= 0.6 is 35.0 Å². The molecule has 162 valence electrons. The zero-order valence-corrected chi connectivity index (χ0v) is 19.5. The Hall–Kier alpha value is -1.24. The fraction of sp³-hybridized carbons (Fsp3) is 0.435. The molecular weight excluding hydrogens is 439 g/mol. The Bertz CT molecular complexity index is 837. The first-order valence-corrected chi connectivity index (χ1v) is 12.3. The van der Waals surface area contributed by atoms with Crippen LogP contribution in [-0.4, -0.2) is 65.1 Å². The summed E-state index contributed by atoms with van der Waals surface area (Å²) >= 11 is 13.9. The van der Waals surface area contributed by atoms with Crippen molar-refractivity contribution in [1.82, 2.24) is 9.80 Å². The summed E-state index contributed by atoms with van der Waals surface area (Å²) in [5, 5.41) is 10.9. The second-order valence-electron chi connectivity index (χ2n) is 7.63. The SMILES string of the molecule is CSCCN(C(=O)Cc1ccc(Cl)c(Cl)c1)[C@H](CN1CC[C@H](O)C1)c1ccccc1. The summed E-state index contributed by atoms with van der Waals surface area (Å²) in [6.45, 7) is 2.88. The summed E-state index contributed by atoms with van der Waals surface area (Å²) in [5.74, 6) is 0.926. The highest BCUT2D eigenvalue weighted by molar-refractivity contribution is 7.98. The Kier molecular flexibility index (Phi) is 8.90. The number of thioether (sulfide) groups is 1. The molecule has 1 aliphatic rings. The monoisotopic (exact) mass is 466 g/mol. The minimum absolute atomic E-state index is 0.0658. The minimum atomic E-state index is -0.284. The zero-order chi connectivity index (χ0) is 21.5. The fourth-order valence-electron chi connectivity index (χ4n) is 3.85. The van der Waals surface area contributed by atoms with Gasteiger partial charge in [-0.15, -0.1) is 0 Å². The van der Waals surface area contributed by atoms with Crippen LogP contribution in [0.1, 0.15) is 23.6 Å². The molecule has 1 fully saturated rings. The van der Waals surface area contributed by atoms with Gasteiger partial charge in [-0.25, -0.2) is 0 Å². The van der Waals surface area contributed by atoms with Crippen molar-refractivity contribution in [1.29, 1.82) is 0 Å². The third-order valence-electron chi connectivity index (χ3n) is 5.44. The van der Waals surface area contributed by atoms with Gasteiger partial charge in [-0.2, -0.15) is 11.8 Å². The normalized spacial score (nSPS) is 17.8. The summed E-state index contributed by atoms with van der Waals surface area (Å²) in [6.07, 6.45) is 2.82. The summed E-state index contributed by atoms with van der Waals surface area (Å²) in [4.78, 5) is 17.7. The number of rotatable bonds is 9. The van der Waals surface area contributed by atoms with Crippen molar-refractivity contribution >= 4 is 40.9 Å². The maximum absolute atomic E-state index is 13.4. The summed E-state index contributed by atoms with van der Waals surface area (Å²) in [5.41, 5.74) is 1.97. The molecular formula is C23H28Cl2N2O2S. The van der Waals surface area contributed by atoms with Crippen molar-refractivity contribution in [3.05, 3.63) is 69.7 Å². The number of hydrogen-bond acceptors (Lipinski definition) is 4. The number of carbonyl (C=O) groups is 1. The summed E-state index contributed by atoms with van der Waals surface area (Å²) in [7, 11) is 0. The minimum Gasteiger partial charge on any atom is -0.392 e. The van der Waals surface area contributed by atoms with Gasteiger partial charge in [0.15, 0.2) is 0 Å². The lowest BCUT2D eigenvalue weighted by Crippen LogP contribution is -2.43. The van der Waals surface area contributed by atoms with Crippen LogP contribution in [0.15, 0.2) is 48.5 Å². The summed E-state index contributed by atoms with van der Waals surface area (Å²) < 4.78 is 0. The number of aliphatic hydroxyl groups excluding tert-OH is 1. The first kappa shape index (κ1) is 23.4. The van der Waals surface area contributed by atoms with Crippen LogP contribution in [0.4, 0.5) is 0 Å². The molecule has 1 aliphatic heterocycles. The number of aliphatic hydroxyl groups is 1. The van der Waals surface area contributed by atoms with Gasteiger partial charge in [-0.3, -0.25) is 9.69 Å². The Labute approximate surface area is 193 Å². The molecule has 1 N–H and O–H groups in total. The van der Waals surface area contributed by atoms with E-state index in [9.17, 15) is 9.90 Å². The maximum Gasteiger partial charge on any atom is 0.227 e. The number of amides is 1. The number of hydrogen-bond donors (Lipinski definition) is 1. The maximum atomic E-state index is 13.4. The molecule has 0 saturated carbocycles. The standard InChI is InChI=1S/C23H28Cl2N2O2S/c1-30-12-11-27(23(29)14-17-7-8-20(24)21(25)13-17)22(18-5-3-2-4-6-18)16-26-10-9-19(28)15-26/h2-8,13,19,22,28H,9-12,14-16H2,1H3/t19-,22+/m0/s1. The number of benzene rings is 2. The molecule has 0 aromatic heterocycles. The van der Waals surface area contributed by atoms with Crippen molar-refractivity contribution in [3.63, 3.8) is 0 Å². The average molecular weight is 467 g/mol. The molecule has 7 heteroatoms. The van der Waals surface area contributed by atoms with E-state index >= 15 is 0 Å². The van der Waals surface area contributed by atoms with Crippen LogP contribution in [0, 0.1) is 0 Å². The highest BCUT2D eigenvalue weighted by Gasteiger charge is 2.30. The average Bonchev–Trinajstić information content (AvgIpc) is 3.15. The van der Waals surface area contributed by atoms with E-state index in [4.69, 9.17) is 23.2 Å². The van der Waals surface area contributed by atoms with Gasteiger partial charge in [0, 0.05) is 31.9 Å². The largest absolute Gasteiger partial charge is 0.392 e. The van der Waals surface area contributed by atoms with Gasteiger partial charge in [0.2, 0.25) is 5.91 Å². The third-order valence-corrected chi connectivity index (χ3v) is 6.77. The van der Waals surface area contributed by atoms with E-state index in [-0.39, 0.29) is 24.5 Å². The Morgan fingerprint density at radius 1 is 1.23 bits per heavy atom. The number of likely N-dealkylation sites (tertiary alicyclic amines) is 1. The fourth-order valence-corrected chi connectivity index (χ4v) is 4.55. The lowest BCUT2D eigenvalue weighted by Gasteiger charge is -2.35. The van der Waals surface area contributed by atoms with Crippen LogP contribution in [0.3, 0.4) is 0 Å². The lowest BCUT2D eigenvalue weighted by molar-refractivity contribution is -0.133. The molecule has 1 saturated heterocycles. The molecule has 4 nitrogen and oxygen atoms in total. The van der Waals surface area contributed by atoms with Crippen molar-refractivity contribution in [2.24, 2.45) is 0 Å². The molecule has 1 amide bonds. The van der Waals surface area contributed by atoms with Crippen LogP contribution < -0.4 is 0 Å². The van der Waals surface area contributed by atoms with Crippen LogP contribution in [0.2, 0.25) is 10.0 Å². The number of nitrogens with zero attached hydrogens (tertiary/aromatic N) is 2. The molecule has 30 heavy (non-hydrogen) atoms. The third kappa shape index (κ3) is 6.38. The quantitative estimate of drug-likeness (QED) is 0.589. The summed E-state index contributed by atoms with van der Waals surface area (Å²) in [6, 6.07) is 15.5. The predicted molar refractivity (Wildman–Crippen MR) is 127 cm³/mol. The highest BCUT2D eigenvalue weighted by Crippen LogP contribution is 2.27. The van der Waals surface area contributed by atoms with Crippen LogP contribution in [-0.2, 0) is 11.2 Å². The van der Waals surface area contributed by atoms with Gasteiger partial charge in [-0.05, 0) is 35.9 Å². The second kappa shape index (κ2) is 11.4. The lowest BCUT2D eigenvalue weighted by atomic mass is 10.0. The first-order chi connectivity index (χ1) is 14.5. The van der Waals surface area contributed by atoms with Gasteiger partial charge in [0.25, 0.3) is 0 Å². The van der Waals surface area contributed by atoms with Crippen molar-refractivity contribution in [3.8, 4) is 0 Å². The van der Waals surface area contributed by atoms with E-state index in [1.54, 1.807) is 23.9 Å². The van der Waals surface area contributed by atoms with Gasteiger partial charge >= 0.3 is 0 Å². The van der Waals surface area contributed by atoms with Crippen LogP contribution in [0.25, 0.3) is 0 Å². The molecule has 3 rings (SSSR count). The van der Waals surface area contributed by atoms with Gasteiger partial charge in [-0.1, -0.05) is 59.6 Å². The molecule has 0 unspecified atom stereocenters. The van der Waals surface area contributed by atoms with E-state index in [1.165, 1.54) is 0 Å². The van der Waals surface area contributed by atoms with Crippen molar-refractivity contribution < 1.29 is 9.90 Å². The Morgan fingerprint density at radius 2 is 2.00 bits per heavy atom. The van der Waals surface area contributed by atoms with E-state index in [2.05, 4.69) is 23.3 Å². The molecule has 2 atom stereocenters. The smallest absolute Gasteiger partial charge is 0.227 e. The molecule has 0 radical (unpaired) electrons. The zero-order valence-electron chi connectivity index (χ0n) is 17.1. The highest BCUT2D eigenvalue weighted by atomic mass is 35.5. The van der Waals surface area contributed by atoms with Gasteiger partial charge in [0.05, 0.1) is 28.6 Å². The Morgan fingerprint density at radius 3 is 2.63 bits per heavy atom. The molecule has 2 aromatic carbocycles. The van der Waals surface area contributed by atoms with E-state index < -0.39 is 0 Å². The van der Waals surface area contributed by atoms with Crippen molar-refractivity contribution in [2.75, 3.05) is 38.2 Å². The van der Waals surface area contributed by atoms with Gasteiger partial charge < -0.3 is 10.0 Å². The number of halogens is 2. The van der Waals surface area contributed by atoms with E-state index in [1.807, 2.05) is 29.2 Å². The molecule has 0 bridgehead atoms. The Balaban J connectivity index is 1.85. The molecule has 2 aromatic rings. The molecule has 0 spiro atoms. The van der Waals surface area contributed by atoms with Crippen molar-refractivity contribution in [2.45, 2.75) is 25.0 Å². The van der Waals surface area contributed by atoms with E-state index in [0.717, 1.165) is 29.8 Å². The first-order valence-electron chi connectivity index (χ1n) is 10.2. The molecule has 1 heterocycles. The number of carbonyl (C=O) groups excluding carboxylic acids is 1. The predicted octanol–water partition coefficient (Wildman–Crippen LogP) is 4.54. The van der Waals surface area contributed by atoms with E-state index in [0.29, 0.717) is 29.7 Å². The van der Waals surface area contributed by atoms with Gasteiger partial charge in [0.1, 0.15) is 0 Å². The topological polar surface area (TPSA) is 43.8 Å². The second-order valence-corrected chi connectivity index (χ2v) is 9.43. The number of β-amino-alcohol motifs (C(OH)–C–C–N with tert-alkyl or cyclic N) is 1. The molecule has 0 aliphatic carbocycles.